The monoisotopic (exact) mass is 180 g/mol. The molecule has 3 nitrogen and oxygen atoms in total. The van der Waals surface area contributed by atoms with Crippen LogP contribution in [-0.4, -0.2) is 5.11 Å². The highest BCUT2D eigenvalue weighted by atomic mass is 19.1. The van der Waals surface area contributed by atoms with E-state index in [2.05, 4.69) is 0 Å². The highest BCUT2D eigenvalue weighted by Crippen LogP contribution is 2.25. The Kier molecular flexibility index (Phi) is 2.22. The first-order valence-electron chi connectivity index (χ1n) is 3.66. The van der Waals surface area contributed by atoms with Gasteiger partial charge in [0.25, 0.3) is 0 Å². The quantitative estimate of drug-likeness (QED) is 0.503. The molecule has 1 rings (SSSR count). The molecular formula is C9H9FN2O. The first kappa shape index (κ1) is 9.49. The molecule has 0 radical (unpaired) electrons. The molecule has 0 aromatic heterocycles. The third-order valence-electron chi connectivity index (χ3n) is 1.76. The largest absolute Gasteiger partial charge is 0.398 e. The van der Waals surface area contributed by atoms with Gasteiger partial charge >= 0.3 is 0 Å². The molecule has 0 aliphatic heterocycles. The van der Waals surface area contributed by atoms with Gasteiger partial charge in [-0.05, 0) is 25.1 Å². The van der Waals surface area contributed by atoms with E-state index in [0.29, 0.717) is 0 Å². The lowest BCUT2D eigenvalue weighted by molar-refractivity contribution is 0.120. The maximum absolute atomic E-state index is 12.7. The average molecular weight is 180 g/mol. The van der Waals surface area contributed by atoms with Crippen molar-refractivity contribution in [1.82, 2.24) is 0 Å². The van der Waals surface area contributed by atoms with Crippen molar-refractivity contribution >= 4 is 5.69 Å². The van der Waals surface area contributed by atoms with Crippen LogP contribution in [0.25, 0.3) is 0 Å². The molecule has 1 atom stereocenters. The van der Waals surface area contributed by atoms with Crippen LogP contribution in [-0.2, 0) is 5.60 Å². The van der Waals surface area contributed by atoms with E-state index in [1.165, 1.54) is 19.1 Å². The highest BCUT2D eigenvalue weighted by molar-refractivity contribution is 5.51. The summed E-state index contributed by atoms with van der Waals surface area (Å²) >= 11 is 0. The molecule has 0 aliphatic rings. The normalized spacial score (nSPS) is 14.6. The molecule has 0 amide bonds. The zero-order valence-electron chi connectivity index (χ0n) is 7.08. The first-order chi connectivity index (χ1) is 5.97. The van der Waals surface area contributed by atoms with E-state index in [1.807, 2.05) is 0 Å². The molecule has 0 aliphatic carbocycles. The number of nitrogens with zero attached hydrogens (tertiary/aromatic N) is 1. The summed E-state index contributed by atoms with van der Waals surface area (Å²) < 4.78 is 12.7. The van der Waals surface area contributed by atoms with Crippen molar-refractivity contribution in [2.24, 2.45) is 0 Å². The van der Waals surface area contributed by atoms with Crippen LogP contribution in [0.2, 0.25) is 0 Å². The van der Waals surface area contributed by atoms with E-state index < -0.39 is 11.4 Å². The summed E-state index contributed by atoms with van der Waals surface area (Å²) in [4.78, 5) is 0. The molecule has 0 saturated carbocycles. The average Bonchev–Trinajstić information content (AvgIpc) is 2.09. The molecule has 1 unspecified atom stereocenters. The van der Waals surface area contributed by atoms with E-state index in [9.17, 15) is 9.50 Å². The highest BCUT2D eigenvalue weighted by Gasteiger charge is 2.25. The Balaban J connectivity index is 3.30. The summed E-state index contributed by atoms with van der Waals surface area (Å²) in [5, 5.41) is 18.1. The molecular weight excluding hydrogens is 171 g/mol. The number of anilines is 1. The van der Waals surface area contributed by atoms with E-state index >= 15 is 0 Å². The van der Waals surface area contributed by atoms with Gasteiger partial charge in [0.15, 0.2) is 5.60 Å². The van der Waals surface area contributed by atoms with Gasteiger partial charge in [0.1, 0.15) is 11.9 Å². The van der Waals surface area contributed by atoms with Gasteiger partial charge in [-0.3, -0.25) is 0 Å². The summed E-state index contributed by atoms with van der Waals surface area (Å²) in [7, 11) is 0. The van der Waals surface area contributed by atoms with Crippen LogP contribution in [0.1, 0.15) is 12.5 Å². The Hall–Kier alpha value is -1.60. The third kappa shape index (κ3) is 1.76. The predicted octanol–water partition coefficient (Wildman–Crippen LogP) is 1.14. The van der Waals surface area contributed by atoms with Crippen LogP contribution in [0.5, 0.6) is 0 Å². The first-order valence-corrected chi connectivity index (χ1v) is 3.66. The second-order valence-corrected chi connectivity index (χ2v) is 2.92. The molecule has 0 saturated heterocycles. The maximum Gasteiger partial charge on any atom is 0.175 e. The molecule has 1 aromatic carbocycles. The smallest absolute Gasteiger partial charge is 0.175 e. The van der Waals surface area contributed by atoms with Crippen molar-refractivity contribution in [3.8, 4) is 6.07 Å². The summed E-state index contributed by atoms with van der Waals surface area (Å²) in [6.07, 6.45) is 0. The number of benzene rings is 1. The Morgan fingerprint density at radius 2 is 2.23 bits per heavy atom. The van der Waals surface area contributed by atoms with Gasteiger partial charge in [-0.2, -0.15) is 5.26 Å². The fraction of sp³-hybridized carbons (Fsp3) is 0.222. The second kappa shape index (κ2) is 3.04. The van der Waals surface area contributed by atoms with Crippen molar-refractivity contribution in [3.05, 3.63) is 29.6 Å². The number of rotatable bonds is 1. The molecule has 4 heteroatoms. The lowest BCUT2D eigenvalue weighted by Gasteiger charge is -2.16. The second-order valence-electron chi connectivity index (χ2n) is 2.92. The van der Waals surface area contributed by atoms with Crippen molar-refractivity contribution in [2.75, 3.05) is 5.73 Å². The van der Waals surface area contributed by atoms with Gasteiger partial charge in [-0.15, -0.1) is 0 Å². The van der Waals surface area contributed by atoms with Crippen LogP contribution >= 0.6 is 0 Å². The summed E-state index contributed by atoms with van der Waals surface area (Å²) in [5.41, 5.74) is 4.02. The molecule has 0 fully saturated rings. The molecule has 1 aromatic rings. The van der Waals surface area contributed by atoms with Crippen LogP contribution in [0.4, 0.5) is 10.1 Å². The Bertz CT molecular complexity index is 368. The number of nitriles is 1. The zero-order chi connectivity index (χ0) is 10.1. The topological polar surface area (TPSA) is 70.0 Å². The predicted molar refractivity (Wildman–Crippen MR) is 46.0 cm³/mol. The van der Waals surface area contributed by atoms with Gasteiger partial charge in [-0.25, -0.2) is 4.39 Å². The van der Waals surface area contributed by atoms with Crippen LogP contribution < -0.4 is 5.73 Å². The number of hydrogen-bond donors (Lipinski definition) is 2. The fourth-order valence-electron chi connectivity index (χ4n) is 1.01. The standard InChI is InChI=1S/C9H9FN2O/c1-9(13,5-11)7-4-6(10)2-3-8(7)12/h2-4,13H,12H2,1H3. The SMILES string of the molecule is CC(O)(C#N)c1cc(F)ccc1N. The van der Waals surface area contributed by atoms with Crippen molar-refractivity contribution < 1.29 is 9.50 Å². The minimum Gasteiger partial charge on any atom is -0.398 e. The zero-order valence-corrected chi connectivity index (χ0v) is 7.08. The molecule has 3 N–H and O–H groups in total. The number of nitrogen functional groups attached to an aromatic ring is 1. The molecule has 0 spiro atoms. The number of aliphatic hydroxyl groups is 1. The lowest BCUT2D eigenvalue weighted by Crippen LogP contribution is -2.20. The Morgan fingerprint density at radius 3 is 2.77 bits per heavy atom. The van der Waals surface area contributed by atoms with E-state index in [4.69, 9.17) is 11.0 Å². The van der Waals surface area contributed by atoms with Gasteiger partial charge in [-0.1, -0.05) is 0 Å². The molecule has 0 heterocycles. The van der Waals surface area contributed by atoms with Crippen LogP contribution in [0.15, 0.2) is 18.2 Å². The lowest BCUT2D eigenvalue weighted by atomic mass is 9.96. The van der Waals surface area contributed by atoms with Crippen molar-refractivity contribution in [2.45, 2.75) is 12.5 Å². The summed E-state index contributed by atoms with van der Waals surface area (Å²) in [6.45, 7) is 1.26. The minimum absolute atomic E-state index is 0.0926. The van der Waals surface area contributed by atoms with Crippen molar-refractivity contribution in [1.29, 1.82) is 5.26 Å². The summed E-state index contributed by atoms with van der Waals surface area (Å²) in [5.74, 6) is -0.528. The summed E-state index contributed by atoms with van der Waals surface area (Å²) in [6, 6.07) is 5.18. The van der Waals surface area contributed by atoms with Gasteiger partial charge in [0, 0.05) is 11.3 Å². The number of hydrogen-bond acceptors (Lipinski definition) is 3. The van der Waals surface area contributed by atoms with E-state index in [0.717, 1.165) is 6.07 Å². The molecule has 0 bridgehead atoms. The third-order valence-corrected chi connectivity index (χ3v) is 1.76. The van der Waals surface area contributed by atoms with Gasteiger partial charge in [0.2, 0.25) is 0 Å². The number of nitrogens with two attached hydrogens (primary N) is 1. The Labute approximate surface area is 75.2 Å². The Morgan fingerprint density at radius 1 is 1.62 bits per heavy atom. The molecule has 13 heavy (non-hydrogen) atoms. The van der Waals surface area contributed by atoms with E-state index in [1.54, 1.807) is 6.07 Å². The van der Waals surface area contributed by atoms with E-state index in [-0.39, 0.29) is 11.3 Å². The maximum atomic E-state index is 12.7. The minimum atomic E-state index is -1.74. The van der Waals surface area contributed by atoms with Gasteiger partial charge < -0.3 is 10.8 Å². The van der Waals surface area contributed by atoms with Crippen molar-refractivity contribution in [3.63, 3.8) is 0 Å². The van der Waals surface area contributed by atoms with Crippen LogP contribution in [0, 0.1) is 17.1 Å². The fourth-order valence-corrected chi connectivity index (χ4v) is 1.01. The number of halogens is 1. The molecule has 68 valence electrons. The van der Waals surface area contributed by atoms with Gasteiger partial charge in [0.05, 0.1) is 0 Å². The van der Waals surface area contributed by atoms with Crippen LogP contribution in [0.3, 0.4) is 0 Å².